The van der Waals surface area contributed by atoms with Gasteiger partial charge in [0.1, 0.15) is 24.4 Å². The Labute approximate surface area is 246 Å². The zero-order valence-corrected chi connectivity index (χ0v) is 24.4. The second-order valence-corrected chi connectivity index (χ2v) is 10.4. The maximum absolute atomic E-state index is 13.1. The molecule has 0 fully saturated rings. The Morgan fingerprint density at radius 2 is 1.60 bits per heavy atom. The fraction of sp³-hybridized carbons (Fsp3) is 0.370. The van der Waals surface area contributed by atoms with Gasteiger partial charge in [-0.1, -0.05) is 48.7 Å². The van der Waals surface area contributed by atoms with Gasteiger partial charge in [0.2, 0.25) is 11.8 Å². The van der Waals surface area contributed by atoms with Gasteiger partial charge in [0, 0.05) is 16.1 Å². The van der Waals surface area contributed by atoms with Crippen LogP contribution in [0.3, 0.4) is 0 Å². The van der Waals surface area contributed by atoms with E-state index >= 15 is 0 Å². The Kier molecular flexibility index (Phi) is 12.2. The van der Waals surface area contributed by atoms with Crippen molar-refractivity contribution in [3.05, 3.63) is 56.5 Å². The summed E-state index contributed by atoms with van der Waals surface area (Å²) in [6.07, 6.45) is -0.932. The number of aliphatic carboxylic acids is 1. The number of amides is 2. The number of hydrogen-bond donors (Lipinski definition) is 3. The summed E-state index contributed by atoms with van der Waals surface area (Å²) < 4.78 is 10.7. The number of methoxy groups -OCH3 is 1. The van der Waals surface area contributed by atoms with Gasteiger partial charge in [0.15, 0.2) is 17.3 Å². The molecule has 2 rings (SSSR count). The Hall–Kier alpha value is -3.34. The average Bonchev–Trinajstić information content (AvgIpc) is 2.85. The van der Waals surface area contributed by atoms with E-state index in [4.69, 9.17) is 44.3 Å². The molecule has 40 heavy (non-hydrogen) atoms. The minimum atomic E-state index is -1.47. The number of carbonyl (C=O) groups excluding carboxylic acids is 4. The topological polar surface area (TPSA) is 148 Å². The van der Waals surface area contributed by atoms with Crippen molar-refractivity contribution in [2.75, 3.05) is 13.7 Å². The highest BCUT2D eigenvalue weighted by Crippen LogP contribution is 2.35. The molecule has 0 saturated carbocycles. The summed E-state index contributed by atoms with van der Waals surface area (Å²) in [5.74, 6) is -3.70. The number of Topliss-reactive ketones (excluding diaryl/α,β-unsaturated/α-hetero) is 2. The quantitative estimate of drug-likeness (QED) is 0.269. The summed E-state index contributed by atoms with van der Waals surface area (Å²) in [6, 6.07) is 4.80. The fourth-order valence-electron chi connectivity index (χ4n) is 3.66. The first-order valence-electron chi connectivity index (χ1n) is 12.0. The van der Waals surface area contributed by atoms with Crippen LogP contribution in [0.5, 0.6) is 11.5 Å². The molecule has 3 N–H and O–H groups in total. The maximum Gasteiger partial charge on any atom is 0.305 e. The molecule has 0 bridgehead atoms. The number of carboxylic acid groups (broad SMARTS) is 1. The molecule has 216 valence electrons. The normalized spacial score (nSPS) is 12.3. The molecular formula is C27H29Cl3N2O8. The number of hydrogen-bond acceptors (Lipinski definition) is 7. The molecule has 0 aliphatic heterocycles. The summed E-state index contributed by atoms with van der Waals surface area (Å²) >= 11 is 18.0. The second-order valence-electron chi connectivity index (χ2n) is 9.16. The lowest BCUT2D eigenvalue weighted by Crippen LogP contribution is -2.54. The number of nitrogens with one attached hydrogen (secondary N) is 2. The monoisotopic (exact) mass is 614 g/mol. The number of carboxylic acids is 1. The lowest BCUT2D eigenvalue weighted by atomic mass is 10.0. The summed E-state index contributed by atoms with van der Waals surface area (Å²) in [5.41, 5.74) is 0.825. The second kappa shape index (κ2) is 14.9. The lowest BCUT2D eigenvalue weighted by molar-refractivity contribution is -0.141. The van der Waals surface area contributed by atoms with Crippen LogP contribution in [0.2, 0.25) is 15.1 Å². The van der Waals surface area contributed by atoms with E-state index in [2.05, 4.69) is 10.6 Å². The minimum absolute atomic E-state index is 0.0296. The van der Waals surface area contributed by atoms with Gasteiger partial charge in [-0.05, 0) is 43.2 Å². The molecule has 0 aliphatic carbocycles. The van der Waals surface area contributed by atoms with Crippen LogP contribution in [0.4, 0.5) is 0 Å². The highest BCUT2D eigenvalue weighted by molar-refractivity contribution is 6.40. The number of halogens is 3. The van der Waals surface area contributed by atoms with Crippen LogP contribution in [0, 0.1) is 5.92 Å². The number of rotatable bonds is 14. The fourth-order valence-corrected chi connectivity index (χ4v) is 4.59. The van der Waals surface area contributed by atoms with Crippen molar-refractivity contribution >= 4 is 64.2 Å². The molecule has 0 spiro atoms. The number of benzene rings is 2. The summed E-state index contributed by atoms with van der Waals surface area (Å²) in [5, 5.41) is 14.6. The van der Waals surface area contributed by atoms with E-state index in [0.29, 0.717) is 16.9 Å². The zero-order chi connectivity index (χ0) is 30.1. The molecule has 1 unspecified atom stereocenters. The first kappa shape index (κ1) is 32.9. The highest BCUT2D eigenvalue weighted by Gasteiger charge is 2.30. The van der Waals surface area contributed by atoms with Crippen molar-refractivity contribution in [2.24, 2.45) is 5.92 Å². The maximum atomic E-state index is 13.1. The van der Waals surface area contributed by atoms with Crippen molar-refractivity contribution in [3.63, 3.8) is 0 Å². The van der Waals surface area contributed by atoms with Crippen molar-refractivity contribution in [1.29, 1.82) is 0 Å². The van der Waals surface area contributed by atoms with Crippen LogP contribution in [-0.2, 0) is 25.6 Å². The van der Waals surface area contributed by atoms with E-state index in [0.717, 1.165) is 0 Å². The van der Waals surface area contributed by atoms with E-state index in [1.54, 1.807) is 26.0 Å². The van der Waals surface area contributed by atoms with Crippen LogP contribution in [0.1, 0.15) is 43.1 Å². The standard InChI is InChI=1S/C27H29Cl3N2O8/c1-13(2)25(32-23(35)8-16-7-15(14(3)33)5-6-22(16)39-4)27(38)31-20(11-24(36)37)21(34)12-40-26-18(29)9-17(28)10-19(26)30/h5-7,9-10,13,20,25H,8,11-12H2,1-4H3,(H,31,38)(H,32,35)(H,36,37)/t20?,25-/m0/s1. The Morgan fingerprint density at radius 3 is 2.12 bits per heavy atom. The SMILES string of the molecule is COc1ccc(C(C)=O)cc1CC(=O)N[C@H](C(=O)NC(CC(=O)O)C(=O)COc1c(Cl)cc(Cl)cc1Cl)C(C)C. The van der Waals surface area contributed by atoms with Gasteiger partial charge in [-0.15, -0.1) is 0 Å². The molecule has 2 atom stereocenters. The van der Waals surface area contributed by atoms with E-state index < -0.39 is 54.6 Å². The van der Waals surface area contributed by atoms with Crippen LogP contribution in [0.15, 0.2) is 30.3 Å². The van der Waals surface area contributed by atoms with Crippen LogP contribution in [0.25, 0.3) is 0 Å². The third kappa shape index (κ3) is 9.39. The molecule has 0 saturated heterocycles. The van der Waals surface area contributed by atoms with Gasteiger partial charge in [0.05, 0.1) is 30.0 Å². The van der Waals surface area contributed by atoms with Gasteiger partial charge in [-0.3, -0.25) is 24.0 Å². The third-order valence-corrected chi connectivity index (χ3v) is 6.49. The molecule has 2 amide bonds. The largest absolute Gasteiger partial charge is 0.496 e. The van der Waals surface area contributed by atoms with E-state index in [1.807, 2.05) is 0 Å². The van der Waals surface area contributed by atoms with Crippen LogP contribution in [-0.4, -0.2) is 60.3 Å². The van der Waals surface area contributed by atoms with Crippen LogP contribution < -0.4 is 20.1 Å². The smallest absolute Gasteiger partial charge is 0.305 e. The molecule has 0 aromatic heterocycles. The van der Waals surface area contributed by atoms with Gasteiger partial charge in [0.25, 0.3) is 0 Å². The molecule has 2 aromatic rings. The number of ether oxygens (including phenoxy) is 2. The summed E-state index contributed by atoms with van der Waals surface area (Å²) in [4.78, 5) is 62.0. The van der Waals surface area contributed by atoms with Crippen molar-refractivity contribution < 1.29 is 38.6 Å². The van der Waals surface area contributed by atoms with E-state index in [-0.39, 0.29) is 33.0 Å². The third-order valence-electron chi connectivity index (χ3n) is 5.71. The first-order valence-corrected chi connectivity index (χ1v) is 13.2. The van der Waals surface area contributed by atoms with Gasteiger partial charge in [-0.25, -0.2) is 0 Å². The van der Waals surface area contributed by atoms with Crippen molar-refractivity contribution in [1.82, 2.24) is 10.6 Å². The Balaban J connectivity index is 2.15. The predicted molar refractivity (Wildman–Crippen MR) is 150 cm³/mol. The van der Waals surface area contributed by atoms with E-state index in [9.17, 15) is 29.1 Å². The molecule has 13 heteroatoms. The predicted octanol–water partition coefficient (Wildman–Crippen LogP) is 4.15. The molecule has 0 radical (unpaired) electrons. The van der Waals surface area contributed by atoms with Crippen LogP contribution >= 0.6 is 34.8 Å². The Morgan fingerprint density at radius 1 is 0.975 bits per heavy atom. The first-order chi connectivity index (χ1) is 18.7. The Bertz CT molecular complexity index is 1280. The minimum Gasteiger partial charge on any atom is -0.496 e. The summed E-state index contributed by atoms with van der Waals surface area (Å²) in [6.45, 7) is 4.08. The molecule has 0 heterocycles. The van der Waals surface area contributed by atoms with E-state index in [1.165, 1.54) is 32.2 Å². The lowest BCUT2D eigenvalue weighted by Gasteiger charge is -2.25. The zero-order valence-electron chi connectivity index (χ0n) is 22.2. The molecule has 0 aliphatic rings. The number of carbonyl (C=O) groups is 5. The average molecular weight is 616 g/mol. The van der Waals surface area contributed by atoms with Gasteiger partial charge < -0.3 is 25.2 Å². The van der Waals surface area contributed by atoms with Gasteiger partial charge in [-0.2, -0.15) is 0 Å². The summed E-state index contributed by atoms with van der Waals surface area (Å²) in [7, 11) is 1.42. The molecular weight excluding hydrogens is 587 g/mol. The highest BCUT2D eigenvalue weighted by atomic mass is 35.5. The number of ketones is 2. The van der Waals surface area contributed by atoms with Crippen molar-refractivity contribution in [3.8, 4) is 11.5 Å². The van der Waals surface area contributed by atoms with Crippen molar-refractivity contribution in [2.45, 2.75) is 45.7 Å². The van der Waals surface area contributed by atoms with Gasteiger partial charge >= 0.3 is 5.97 Å². The molecule has 2 aromatic carbocycles. The molecule has 10 nitrogen and oxygen atoms in total.